The normalized spacial score (nSPS) is 11.9. The van der Waals surface area contributed by atoms with E-state index in [4.69, 9.17) is 4.74 Å². The van der Waals surface area contributed by atoms with Gasteiger partial charge in [0, 0.05) is 17.8 Å². The standard InChI is InChI=1S/C17H17N3O3S2/c1-2-23-16(22)13-11-25-17(18-13)19-15(21)9-14(12-5-8-24-10-12)20-6-3-4-7-20/h3-8,10-11,14H,2,9H2,1H3,(H,18,19,21). The third-order valence-corrected chi connectivity index (χ3v) is 4.99. The summed E-state index contributed by atoms with van der Waals surface area (Å²) in [5.41, 5.74) is 1.30. The van der Waals surface area contributed by atoms with Crippen LogP contribution in [-0.2, 0) is 9.53 Å². The van der Waals surface area contributed by atoms with E-state index in [0.29, 0.717) is 5.13 Å². The minimum absolute atomic E-state index is 0.0780. The van der Waals surface area contributed by atoms with Gasteiger partial charge in [-0.3, -0.25) is 4.79 Å². The van der Waals surface area contributed by atoms with E-state index in [-0.39, 0.29) is 30.7 Å². The van der Waals surface area contributed by atoms with Gasteiger partial charge in [-0.15, -0.1) is 11.3 Å². The fourth-order valence-electron chi connectivity index (χ4n) is 2.39. The smallest absolute Gasteiger partial charge is 0.357 e. The van der Waals surface area contributed by atoms with E-state index in [0.717, 1.165) is 5.56 Å². The summed E-state index contributed by atoms with van der Waals surface area (Å²) < 4.78 is 6.91. The molecule has 0 saturated carbocycles. The van der Waals surface area contributed by atoms with Crippen molar-refractivity contribution >= 4 is 39.7 Å². The van der Waals surface area contributed by atoms with Crippen LogP contribution in [-0.4, -0.2) is 28.0 Å². The first kappa shape index (κ1) is 17.4. The van der Waals surface area contributed by atoms with Crippen LogP contribution in [0.15, 0.2) is 46.7 Å². The van der Waals surface area contributed by atoms with Crippen molar-refractivity contribution in [1.29, 1.82) is 0 Å². The fraction of sp³-hybridized carbons (Fsp3) is 0.235. The van der Waals surface area contributed by atoms with Gasteiger partial charge in [0.25, 0.3) is 0 Å². The number of thiophene rings is 1. The SMILES string of the molecule is CCOC(=O)c1csc(NC(=O)CC(c2ccsc2)n2cccc2)n1. The Hall–Kier alpha value is -2.45. The third-order valence-electron chi connectivity index (χ3n) is 3.53. The summed E-state index contributed by atoms with van der Waals surface area (Å²) in [6.45, 7) is 2.02. The number of carbonyl (C=O) groups excluding carboxylic acids is 2. The molecule has 0 radical (unpaired) electrons. The minimum atomic E-state index is -0.484. The zero-order valence-electron chi connectivity index (χ0n) is 13.5. The van der Waals surface area contributed by atoms with E-state index < -0.39 is 5.97 Å². The van der Waals surface area contributed by atoms with Crippen LogP contribution in [0.4, 0.5) is 5.13 Å². The molecule has 6 nitrogen and oxygen atoms in total. The Morgan fingerprint density at radius 3 is 2.80 bits per heavy atom. The highest BCUT2D eigenvalue weighted by molar-refractivity contribution is 7.14. The quantitative estimate of drug-likeness (QED) is 0.638. The predicted molar refractivity (Wildman–Crippen MR) is 98.2 cm³/mol. The summed E-state index contributed by atoms with van der Waals surface area (Å²) >= 11 is 2.81. The lowest BCUT2D eigenvalue weighted by molar-refractivity contribution is -0.116. The van der Waals surface area contributed by atoms with Crippen LogP contribution in [0.3, 0.4) is 0 Å². The monoisotopic (exact) mass is 375 g/mol. The summed E-state index contributed by atoms with van der Waals surface area (Å²) in [5, 5.41) is 8.77. The lowest BCUT2D eigenvalue weighted by atomic mass is 10.1. The molecular weight excluding hydrogens is 358 g/mol. The number of nitrogens with one attached hydrogen (secondary N) is 1. The second-order valence-corrected chi connectivity index (χ2v) is 6.85. The maximum Gasteiger partial charge on any atom is 0.357 e. The number of thiazole rings is 1. The zero-order valence-corrected chi connectivity index (χ0v) is 15.2. The van der Waals surface area contributed by atoms with E-state index in [2.05, 4.69) is 10.3 Å². The Balaban J connectivity index is 1.67. The van der Waals surface area contributed by atoms with Gasteiger partial charge in [0.05, 0.1) is 19.1 Å². The Kier molecular flexibility index (Phi) is 5.62. The van der Waals surface area contributed by atoms with Crippen LogP contribution in [0.25, 0.3) is 0 Å². The van der Waals surface area contributed by atoms with Crippen molar-refractivity contribution in [3.05, 3.63) is 58.0 Å². The molecular formula is C17H17N3O3S2. The lowest BCUT2D eigenvalue weighted by Crippen LogP contribution is -2.19. The topological polar surface area (TPSA) is 73.2 Å². The summed E-state index contributed by atoms with van der Waals surface area (Å²) in [5.74, 6) is -0.641. The molecule has 0 aliphatic heterocycles. The van der Waals surface area contributed by atoms with E-state index in [1.807, 2.05) is 45.9 Å². The number of nitrogens with zero attached hydrogens (tertiary/aromatic N) is 2. The first-order valence-corrected chi connectivity index (χ1v) is 9.56. The molecule has 1 amide bonds. The number of hydrogen-bond donors (Lipinski definition) is 1. The molecule has 8 heteroatoms. The van der Waals surface area contributed by atoms with Crippen molar-refractivity contribution in [2.24, 2.45) is 0 Å². The Morgan fingerprint density at radius 2 is 2.12 bits per heavy atom. The molecule has 130 valence electrons. The Bertz CT molecular complexity index is 791. The molecule has 25 heavy (non-hydrogen) atoms. The molecule has 3 aromatic heterocycles. The number of ether oxygens (including phenoxy) is 1. The molecule has 1 N–H and O–H groups in total. The molecule has 0 bridgehead atoms. The van der Waals surface area contributed by atoms with Crippen molar-refractivity contribution in [2.75, 3.05) is 11.9 Å². The van der Waals surface area contributed by atoms with Gasteiger partial charge in [0.2, 0.25) is 5.91 Å². The maximum atomic E-state index is 12.4. The molecule has 3 rings (SSSR count). The summed E-state index contributed by atoms with van der Waals surface area (Å²) in [6.07, 6.45) is 4.16. The lowest BCUT2D eigenvalue weighted by Gasteiger charge is -2.17. The van der Waals surface area contributed by atoms with E-state index in [1.165, 1.54) is 11.3 Å². The molecule has 0 fully saturated rings. The number of amides is 1. The van der Waals surface area contributed by atoms with Gasteiger partial charge in [0.1, 0.15) is 0 Å². The van der Waals surface area contributed by atoms with E-state index in [1.54, 1.807) is 23.6 Å². The zero-order chi connectivity index (χ0) is 17.6. The highest BCUT2D eigenvalue weighted by Crippen LogP contribution is 2.25. The number of aromatic nitrogens is 2. The number of carbonyl (C=O) groups is 2. The van der Waals surface area contributed by atoms with Gasteiger partial charge in [-0.05, 0) is 41.4 Å². The van der Waals surface area contributed by atoms with Gasteiger partial charge in [0.15, 0.2) is 10.8 Å². The Morgan fingerprint density at radius 1 is 1.32 bits per heavy atom. The van der Waals surface area contributed by atoms with Gasteiger partial charge in [-0.1, -0.05) is 0 Å². The predicted octanol–water partition coefficient (Wildman–Crippen LogP) is 3.80. The van der Waals surface area contributed by atoms with E-state index in [9.17, 15) is 9.59 Å². The maximum absolute atomic E-state index is 12.4. The number of anilines is 1. The number of rotatable bonds is 7. The molecule has 0 aromatic carbocycles. The number of hydrogen-bond acceptors (Lipinski definition) is 6. The average molecular weight is 375 g/mol. The first-order valence-electron chi connectivity index (χ1n) is 7.74. The molecule has 3 heterocycles. The second kappa shape index (κ2) is 8.09. The fourth-order valence-corrected chi connectivity index (χ4v) is 3.79. The molecule has 0 spiro atoms. The Labute approximate surface area is 153 Å². The van der Waals surface area contributed by atoms with Gasteiger partial charge >= 0.3 is 5.97 Å². The van der Waals surface area contributed by atoms with Crippen LogP contribution >= 0.6 is 22.7 Å². The van der Waals surface area contributed by atoms with Gasteiger partial charge in [-0.25, -0.2) is 9.78 Å². The van der Waals surface area contributed by atoms with Crippen molar-refractivity contribution in [3.8, 4) is 0 Å². The minimum Gasteiger partial charge on any atom is -0.461 e. The molecule has 0 saturated heterocycles. The van der Waals surface area contributed by atoms with Crippen LogP contribution in [0.2, 0.25) is 0 Å². The summed E-state index contributed by atoms with van der Waals surface area (Å²) in [4.78, 5) is 28.2. The first-order chi connectivity index (χ1) is 12.2. The largest absolute Gasteiger partial charge is 0.461 e. The average Bonchev–Trinajstić information content (AvgIpc) is 3.34. The van der Waals surface area contributed by atoms with E-state index >= 15 is 0 Å². The third kappa shape index (κ3) is 4.34. The molecule has 0 aliphatic rings. The van der Waals surface area contributed by atoms with Gasteiger partial charge in [-0.2, -0.15) is 11.3 Å². The molecule has 1 unspecified atom stereocenters. The number of esters is 1. The molecule has 3 aromatic rings. The van der Waals surface area contributed by atoms with Crippen molar-refractivity contribution < 1.29 is 14.3 Å². The summed E-state index contributed by atoms with van der Waals surface area (Å²) in [7, 11) is 0. The second-order valence-electron chi connectivity index (χ2n) is 5.21. The highest BCUT2D eigenvalue weighted by Gasteiger charge is 2.19. The van der Waals surface area contributed by atoms with Crippen LogP contribution in [0.5, 0.6) is 0 Å². The summed E-state index contributed by atoms with van der Waals surface area (Å²) in [6, 6.07) is 5.81. The van der Waals surface area contributed by atoms with Gasteiger partial charge < -0.3 is 14.6 Å². The van der Waals surface area contributed by atoms with Crippen LogP contribution < -0.4 is 5.32 Å². The molecule has 1 atom stereocenters. The van der Waals surface area contributed by atoms with Crippen molar-refractivity contribution in [3.63, 3.8) is 0 Å². The molecule has 0 aliphatic carbocycles. The van der Waals surface area contributed by atoms with Crippen LogP contribution in [0.1, 0.15) is 35.4 Å². The van der Waals surface area contributed by atoms with Crippen molar-refractivity contribution in [2.45, 2.75) is 19.4 Å². The highest BCUT2D eigenvalue weighted by atomic mass is 32.1. The van der Waals surface area contributed by atoms with Crippen molar-refractivity contribution in [1.82, 2.24) is 9.55 Å². The van der Waals surface area contributed by atoms with Crippen LogP contribution in [0, 0.1) is 0 Å².